The first kappa shape index (κ1) is 20.5. The summed E-state index contributed by atoms with van der Waals surface area (Å²) in [4.78, 5) is 29.0. The number of carbonyl (C=O) groups excluding carboxylic acids is 2. The van der Waals surface area contributed by atoms with Crippen LogP contribution in [0, 0.1) is 16.5 Å². The van der Waals surface area contributed by atoms with Gasteiger partial charge in [0.2, 0.25) is 23.2 Å². The van der Waals surface area contributed by atoms with E-state index in [4.69, 9.17) is 4.74 Å². The third-order valence-electron chi connectivity index (χ3n) is 9.47. The zero-order chi connectivity index (χ0) is 24.1. The van der Waals surface area contributed by atoms with E-state index >= 15 is 0 Å². The van der Waals surface area contributed by atoms with Crippen LogP contribution < -0.4 is 10.1 Å². The third kappa shape index (κ3) is 1.97. The van der Waals surface area contributed by atoms with E-state index in [-0.39, 0.29) is 24.2 Å². The molecule has 178 valence electrons. The summed E-state index contributed by atoms with van der Waals surface area (Å²) in [6.45, 7) is 8.33. The molecule has 0 unspecified atom stereocenters. The van der Waals surface area contributed by atoms with Crippen molar-refractivity contribution in [2.75, 3.05) is 6.54 Å². The maximum absolute atomic E-state index is 14.0. The molecule has 2 amide bonds. The number of nitrogens with one attached hydrogen (secondary N) is 1. The fourth-order valence-corrected chi connectivity index (χ4v) is 8.13. The van der Waals surface area contributed by atoms with Gasteiger partial charge >= 0.3 is 0 Å². The van der Waals surface area contributed by atoms with Gasteiger partial charge in [0.15, 0.2) is 5.60 Å². The second kappa shape index (κ2) is 5.51. The number of benzene rings is 1. The van der Waals surface area contributed by atoms with Gasteiger partial charge in [0.05, 0.1) is 16.5 Å². The third-order valence-corrected chi connectivity index (χ3v) is 9.47. The summed E-state index contributed by atoms with van der Waals surface area (Å²) in [5.41, 5.74) is -3.25. The van der Waals surface area contributed by atoms with Crippen molar-refractivity contribution in [3.8, 4) is 5.75 Å². The average molecular weight is 464 g/mol. The van der Waals surface area contributed by atoms with Crippen LogP contribution in [0.15, 0.2) is 18.2 Å². The summed E-state index contributed by atoms with van der Waals surface area (Å²) in [5.74, 6) is 0.0652. The van der Waals surface area contributed by atoms with E-state index in [1.165, 1.54) is 0 Å². The highest BCUT2D eigenvalue weighted by Crippen LogP contribution is 2.64. The Labute approximate surface area is 197 Å². The number of amides is 2. The monoisotopic (exact) mass is 463 g/mol. The maximum atomic E-state index is 14.0. The molecule has 6 heterocycles. The van der Waals surface area contributed by atoms with Gasteiger partial charge in [-0.15, -0.1) is 0 Å². The zero-order valence-electron chi connectivity index (χ0n) is 19.9. The van der Waals surface area contributed by atoms with Crippen LogP contribution in [0.2, 0.25) is 0 Å². The van der Waals surface area contributed by atoms with Crippen molar-refractivity contribution in [1.29, 1.82) is 0 Å². The van der Waals surface area contributed by atoms with Gasteiger partial charge in [-0.1, -0.05) is 0 Å². The summed E-state index contributed by atoms with van der Waals surface area (Å²) in [5, 5.41) is 29.4. The second-order valence-electron chi connectivity index (χ2n) is 12.1. The van der Waals surface area contributed by atoms with Gasteiger partial charge in [-0.25, -0.2) is 0 Å². The number of fused-ring (bicyclic) bond motifs is 6. The van der Waals surface area contributed by atoms with Crippen LogP contribution in [-0.2, 0) is 15.2 Å². The summed E-state index contributed by atoms with van der Waals surface area (Å²) >= 11 is 0. The number of hydrogen-bond donors (Lipinski definition) is 2. The first-order chi connectivity index (χ1) is 15.9. The fourth-order valence-electron chi connectivity index (χ4n) is 8.13. The highest BCUT2D eigenvalue weighted by Gasteiger charge is 2.79. The van der Waals surface area contributed by atoms with Crippen LogP contribution >= 0.6 is 0 Å². The Balaban J connectivity index is 1.47. The predicted molar refractivity (Wildman–Crippen MR) is 123 cm³/mol. The fraction of sp³-hybridized carbons (Fsp3) is 0.577. The van der Waals surface area contributed by atoms with Crippen molar-refractivity contribution in [1.82, 2.24) is 10.2 Å². The molecule has 0 aromatic heterocycles. The molecule has 4 atom stereocenters. The molecule has 1 aromatic carbocycles. The Morgan fingerprint density at radius 2 is 2.00 bits per heavy atom. The van der Waals surface area contributed by atoms with Gasteiger partial charge < -0.3 is 25.3 Å². The minimum atomic E-state index is -1.67. The molecule has 1 aliphatic carbocycles. The SMILES string of the molecule is CC1(C)C=Cc2c(ccc3c2[N+]([O-])=C2C(C)(C)[C@H]4C[C@@]56CCCN5C(=O)[C@@]4(C[C@@]23O)NC6=O)O1. The summed E-state index contributed by atoms with van der Waals surface area (Å²) < 4.78 is 6.97. The maximum Gasteiger partial charge on any atom is 0.249 e. The number of nitrogens with zero attached hydrogens (tertiary/aromatic N) is 2. The van der Waals surface area contributed by atoms with E-state index in [1.54, 1.807) is 17.0 Å². The summed E-state index contributed by atoms with van der Waals surface area (Å²) in [7, 11) is 0. The number of carbonyl (C=O) groups is 2. The molecule has 8 heteroatoms. The number of rotatable bonds is 0. The molecule has 2 spiro atoms. The lowest BCUT2D eigenvalue weighted by Gasteiger charge is -2.65. The van der Waals surface area contributed by atoms with Crippen molar-refractivity contribution in [2.24, 2.45) is 11.3 Å². The molecule has 34 heavy (non-hydrogen) atoms. The van der Waals surface area contributed by atoms with E-state index in [2.05, 4.69) is 5.32 Å². The largest absolute Gasteiger partial charge is 0.618 e. The number of ether oxygens (including phenoxy) is 1. The van der Waals surface area contributed by atoms with Crippen molar-refractivity contribution in [3.63, 3.8) is 0 Å². The van der Waals surface area contributed by atoms with E-state index < -0.39 is 27.7 Å². The molecule has 8 rings (SSSR count). The smallest absolute Gasteiger partial charge is 0.249 e. The first-order valence-electron chi connectivity index (χ1n) is 12.2. The molecule has 1 saturated carbocycles. The van der Waals surface area contributed by atoms with E-state index in [0.717, 1.165) is 11.2 Å². The van der Waals surface area contributed by atoms with Crippen molar-refractivity contribution in [3.05, 3.63) is 34.5 Å². The van der Waals surface area contributed by atoms with Crippen LogP contribution in [0.3, 0.4) is 0 Å². The zero-order valence-corrected chi connectivity index (χ0v) is 19.9. The minimum Gasteiger partial charge on any atom is -0.618 e. The Kier molecular flexibility index (Phi) is 3.32. The second-order valence-corrected chi connectivity index (χ2v) is 12.1. The van der Waals surface area contributed by atoms with Crippen LogP contribution in [0.25, 0.3) is 6.08 Å². The van der Waals surface area contributed by atoms with Gasteiger partial charge in [-0.3, -0.25) is 9.59 Å². The summed E-state index contributed by atoms with van der Waals surface area (Å²) in [6.07, 6.45) is 5.68. The van der Waals surface area contributed by atoms with Crippen LogP contribution in [0.4, 0.5) is 5.69 Å². The van der Waals surface area contributed by atoms with Crippen LogP contribution in [0.5, 0.6) is 5.75 Å². The lowest BCUT2D eigenvalue weighted by atomic mass is 9.47. The number of hydrogen-bond acceptors (Lipinski definition) is 5. The number of piperazine rings is 1. The predicted octanol–water partition coefficient (Wildman–Crippen LogP) is 2.33. The van der Waals surface area contributed by atoms with Gasteiger partial charge in [0.1, 0.15) is 22.4 Å². The standard InChI is InChI=1S/C26H29N3O5/c1-22(2)10-8-14-16(34-22)7-6-15-18(14)29(33)19-23(3,4)17-12-24-9-5-11-28(24)21(31)25(17,27-20(24)30)13-26(15,19)32/h6-8,10,17,32H,5,9,11-13H2,1-4H3,(H,27,30)/t17-,24-,25+,26+/m1/s1. The Bertz CT molecular complexity index is 1300. The van der Waals surface area contributed by atoms with Gasteiger partial charge in [-0.05, 0) is 71.2 Å². The normalized spacial score (nSPS) is 39.7. The van der Waals surface area contributed by atoms with Gasteiger partial charge in [-0.2, -0.15) is 4.74 Å². The molecule has 2 N–H and O–H groups in total. The molecular weight excluding hydrogens is 434 g/mol. The molecule has 5 fully saturated rings. The molecule has 1 aromatic rings. The number of piperidine rings is 2. The Morgan fingerprint density at radius 1 is 1.24 bits per heavy atom. The first-order valence-corrected chi connectivity index (χ1v) is 12.2. The van der Waals surface area contributed by atoms with Gasteiger partial charge in [0, 0.05) is 18.9 Å². The minimum absolute atomic E-state index is 0.0405. The van der Waals surface area contributed by atoms with Crippen molar-refractivity contribution >= 4 is 29.3 Å². The molecule has 6 aliphatic heterocycles. The van der Waals surface area contributed by atoms with Crippen LogP contribution in [-0.4, -0.2) is 55.5 Å². The Hall–Kier alpha value is -2.87. The number of aliphatic hydroxyl groups is 1. The summed E-state index contributed by atoms with van der Waals surface area (Å²) in [6, 6.07) is 3.53. The molecule has 8 nitrogen and oxygen atoms in total. The Morgan fingerprint density at radius 3 is 2.76 bits per heavy atom. The quantitative estimate of drug-likeness (QED) is 0.454. The average Bonchev–Trinajstić information content (AvgIpc) is 3.27. The van der Waals surface area contributed by atoms with Crippen LogP contribution in [0.1, 0.15) is 64.5 Å². The van der Waals surface area contributed by atoms with E-state index in [1.807, 2.05) is 39.8 Å². The topological polar surface area (TPSA) is 105 Å². The lowest BCUT2D eigenvalue weighted by Crippen LogP contribution is -2.86. The van der Waals surface area contributed by atoms with Crippen molar-refractivity contribution < 1.29 is 24.2 Å². The van der Waals surface area contributed by atoms with Gasteiger partial charge in [0.25, 0.3) is 0 Å². The highest BCUT2D eigenvalue weighted by atomic mass is 16.5. The molecular formula is C26H29N3O5. The highest BCUT2D eigenvalue weighted by molar-refractivity contribution is 6.09. The lowest BCUT2D eigenvalue weighted by molar-refractivity contribution is -0.368. The van der Waals surface area contributed by atoms with E-state index in [0.29, 0.717) is 47.7 Å². The molecule has 4 saturated heterocycles. The molecule has 2 bridgehead atoms. The molecule has 0 radical (unpaired) electrons. The van der Waals surface area contributed by atoms with Crippen molar-refractivity contribution in [2.45, 2.75) is 75.7 Å². The molecule has 7 aliphatic rings. The van der Waals surface area contributed by atoms with E-state index in [9.17, 15) is 19.9 Å².